The summed E-state index contributed by atoms with van der Waals surface area (Å²) in [6.45, 7) is 2.59. The van der Waals surface area contributed by atoms with Crippen LogP contribution in [0.15, 0.2) is 59.5 Å². The van der Waals surface area contributed by atoms with Crippen molar-refractivity contribution >= 4 is 15.7 Å². The zero-order valence-corrected chi connectivity index (χ0v) is 14.1. The molecule has 1 N–H and O–H groups in total. The van der Waals surface area contributed by atoms with E-state index < -0.39 is 9.84 Å². The number of carbonyl (C=O) groups excluding carboxylic acids is 1. The molecule has 0 radical (unpaired) electrons. The molecule has 0 bridgehead atoms. The van der Waals surface area contributed by atoms with Crippen molar-refractivity contribution in [1.29, 1.82) is 0 Å². The van der Waals surface area contributed by atoms with E-state index in [2.05, 4.69) is 12.2 Å². The van der Waals surface area contributed by atoms with Crippen molar-refractivity contribution in [1.82, 2.24) is 5.32 Å². The Balaban J connectivity index is 2.07. The first-order valence-electron chi connectivity index (χ1n) is 7.55. The summed E-state index contributed by atoms with van der Waals surface area (Å²) in [6.07, 6.45) is 2.04. The molecular formula is C18H21NO3S. The fraction of sp³-hybridized carbons (Fsp3) is 0.278. The van der Waals surface area contributed by atoms with Crippen LogP contribution < -0.4 is 5.32 Å². The van der Waals surface area contributed by atoms with Crippen LogP contribution in [0.1, 0.15) is 35.2 Å². The minimum Gasteiger partial charge on any atom is -0.351 e. The average Bonchev–Trinajstić information content (AvgIpc) is 2.55. The highest BCUT2D eigenvalue weighted by Gasteiger charge is 2.14. The van der Waals surface area contributed by atoms with Gasteiger partial charge in [0.25, 0.3) is 5.91 Å². The zero-order valence-electron chi connectivity index (χ0n) is 13.3. The molecule has 0 fully saturated rings. The van der Waals surface area contributed by atoms with Gasteiger partial charge in [-0.05, 0) is 30.2 Å². The smallest absolute Gasteiger partial charge is 0.251 e. The van der Waals surface area contributed by atoms with Crippen LogP contribution in [-0.4, -0.2) is 27.1 Å². The van der Waals surface area contributed by atoms with Gasteiger partial charge in [0.1, 0.15) is 0 Å². The molecule has 0 aliphatic carbocycles. The Morgan fingerprint density at radius 3 is 2.39 bits per heavy atom. The Morgan fingerprint density at radius 2 is 1.78 bits per heavy atom. The monoisotopic (exact) mass is 331 g/mol. The molecule has 2 rings (SSSR count). The summed E-state index contributed by atoms with van der Waals surface area (Å²) in [7, 11) is -3.32. The maximum absolute atomic E-state index is 12.3. The highest BCUT2D eigenvalue weighted by molar-refractivity contribution is 7.90. The quantitative estimate of drug-likeness (QED) is 0.885. The van der Waals surface area contributed by atoms with Crippen molar-refractivity contribution < 1.29 is 13.2 Å². The maximum atomic E-state index is 12.3. The molecule has 0 aliphatic rings. The van der Waals surface area contributed by atoms with Crippen molar-refractivity contribution in [3.8, 4) is 0 Å². The van der Waals surface area contributed by atoms with Crippen LogP contribution in [0.5, 0.6) is 0 Å². The normalized spacial score (nSPS) is 12.6. The van der Waals surface area contributed by atoms with Crippen LogP contribution in [-0.2, 0) is 9.84 Å². The fourth-order valence-corrected chi connectivity index (χ4v) is 3.08. The van der Waals surface area contributed by atoms with Gasteiger partial charge in [-0.25, -0.2) is 8.42 Å². The molecule has 2 aromatic carbocycles. The van der Waals surface area contributed by atoms with Gasteiger partial charge in [-0.3, -0.25) is 4.79 Å². The standard InChI is InChI=1S/C18H21NO3S/c1-3-14(15-8-5-4-6-9-15)13-19-18(20)16-10-7-11-17(12-16)23(2,21)22/h4-12,14H,3,13H2,1-2H3,(H,19,20). The lowest BCUT2D eigenvalue weighted by Gasteiger charge is -2.16. The van der Waals surface area contributed by atoms with Gasteiger partial charge in [-0.15, -0.1) is 0 Å². The Labute approximate surface area is 137 Å². The van der Waals surface area contributed by atoms with Crippen LogP contribution in [0.3, 0.4) is 0 Å². The van der Waals surface area contributed by atoms with E-state index in [1.165, 1.54) is 17.7 Å². The van der Waals surface area contributed by atoms with Gasteiger partial charge in [0.15, 0.2) is 9.84 Å². The summed E-state index contributed by atoms with van der Waals surface area (Å²) in [5, 5.41) is 2.89. The zero-order chi connectivity index (χ0) is 16.9. The van der Waals surface area contributed by atoms with Crippen LogP contribution in [0, 0.1) is 0 Å². The van der Waals surface area contributed by atoms with E-state index in [4.69, 9.17) is 0 Å². The summed E-state index contributed by atoms with van der Waals surface area (Å²) in [5.74, 6) is -0.0249. The second-order valence-corrected chi connectivity index (χ2v) is 7.54. The number of carbonyl (C=O) groups is 1. The molecule has 23 heavy (non-hydrogen) atoms. The Morgan fingerprint density at radius 1 is 1.09 bits per heavy atom. The second-order valence-electron chi connectivity index (χ2n) is 5.53. The molecule has 0 aromatic heterocycles. The molecule has 5 heteroatoms. The molecule has 0 saturated carbocycles. The molecule has 1 amide bonds. The van der Waals surface area contributed by atoms with Crippen molar-refractivity contribution in [2.45, 2.75) is 24.2 Å². The maximum Gasteiger partial charge on any atom is 0.251 e. The van der Waals surface area contributed by atoms with Crippen LogP contribution in [0.4, 0.5) is 0 Å². The summed E-state index contributed by atoms with van der Waals surface area (Å²) < 4.78 is 23.1. The number of hydrogen-bond acceptors (Lipinski definition) is 3. The summed E-state index contributed by atoms with van der Waals surface area (Å²) >= 11 is 0. The Hall–Kier alpha value is -2.14. The average molecular weight is 331 g/mol. The first kappa shape index (κ1) is 17.2. The number of hydrogen-bond donors (Lipinski definition) is 1. The second kappa shape index (κ2) is 7.42. The Kier molecular flexibility index (Phi) is 5.55. The van der Waals surface area contributed by atoms with E-state index in [1.807, 2.05) is 30.3 Å². The van der Waals surface area contributed by atoms with E-state index in [0.29, 0.717) is 12.1 Å². The summed E-state index contributed by atoms with van der Waals surface area (Å²) in [5.41, 5.74) is 1.54. The van der Waals surface area contributed by atoms with Gasteiger partial charge in [-0.2, -0.15) is 0 Å². The van der Waals surface area contributed by atoms with Crippen LogP contribution >= 0.6 is 0 Å². The number of nitrogens with one attached hydrogen (secondary N) is 1. The third-order valence-electron chi connectivity index (χ3n) is 3.80. The highest BCUT2D eigenvalue weighted by Crippen LogP contribution is 2.18. The minimum atomic E-state index is -3.32. The molecule has 0 aliphatic heterocycles. The van der Waals surface area contributed by atoms with Crippen molar-refractivity contribution in [3.05, 3.63) is 65.7 Å². The first-order valence-corrected chi connectivity index (χ1v) is 9.44. The van der Waals surface area contributed by atoms with Crippen molar-refractivity contribution in [2.75, 3.05) is 12.8 Å². The van der Waals surface area contributed by atoms with Crippen molar-refractivity contribution in [3.63, 3.8) is 0 Å². The highest BCUT2D eigenvalue weighted by atomic mass is 32.2. The van der Waals surface area contributed by atoms with E-state index >= 15 is 0 Å². The topological polar surface area (TPSA) is 63.2 Å². The van der Waals surface area contributed by atoms with Gasteiger partial charge in [0.05, 0.1) is 4.90 Å². The molecular weight excluding hydrogens is 310 g/mol. The molecule has 4 nitrogen and oxygen atoms in total. The predicted octanol–water partition coefficient (Wildman–Crippen LogP) is 3.01. The van der Waals surface area contributed by atoms with E-state index in [9.17, 15) is 13.2 Å². The number of sulfone groups is 1. The van der Waals surface area contributed by atoms with E-state index in [-0.39, 0.29) is 16.7 Å². The predicted molar refractivity (Wildman–Crippen MR) is 91.4 cm³/mol. The lowest BCUT2D eigenvalue weighted by atomic mass is 9.96. The molecule has 0 saturated heterocycles. The molecule has 0 heterocycles. The SMILES string of the molecule is CCC(CNC(=O)c1cccc(S(C)(=O)=O)c1)c1ccccc1. The van der Waals surface area contributed by atoms with E-state index in [1.54, 1.807) is 12.1 Å². The van der Waals surface area contributed by atoms with Gasteiger partial charge in [-0.1, -0.05) is 43.3 Å². The van der Waals surface area contributed by atoms with Gasteiger partial charge >= 0.3 is 0 Å². The molecule has 2 aromatic rings. The summed E-state index contributed by atoms with van der Waals surface area (Å²) in [4.78, 5) is 12.4. The fourth-order valence-electron chi connectivity index (χ4n) is 2.41. The number of amides is 1. The Bertz CT molecular complexity index is 770. The molecule has 1 atom stereocenters. The number of rotatable bonds is 6. The molecule has 0 spiro atoms. The van der Waals surface area contributed by atoms with Gasteiger partial charge in [0.2, 0.25) is 0 Å². The third-order valence-corrected chi connectivity index (χ3v) is 4.91. The van der Waals surface area contributed by atoms with Crippen molar-refractivity contribution in [2.24, 2.45) is 0 Å². The molecule has 122 valence electrons. The first-order chi connectivity index (χ1) is 10.9. The largest absolute Gasteiger partial charge is 0.351 e. The third kappa shape index (κ3) is 4.66. The van der Waals surface area contributed by atoms with Gasteiger partial charge in [0, 0.05) is 24.3 Å². The van der Waals surface area contributed by atoms with Gasteiger partial charge < -0.3 is 5.32 Å². The van der Waals surface area contributed by atoms with E-state index in [0.717, 1.165) is 12.7 Å². The lowest BCUT2D eigenvalue weighted by Crippen LogP contribution is -2.28. The molecule has 1 unspecified atom stereocenters. The van der Waals surface area contributed by atoms with Crippen LogP contribution in [0.2, 0.25) is 0 Å². The minimum absolute atomic E-state index is 0.153. The lowest BCUT2D eigenvalue weighted by molar-refractivity contribution is 0.0950. The number of benzene rings is 2. The summed E-state index contributed by atoms with van der Waals surface area (Å²) in [6, 6.07) is 16.1. The van der Waals surface area contributed by atoms with Crippen LogP contribution in [0.25, 0.3) is 0 Å².